The van der Waals surface area contributed by atoms with Gasteiger partial charge in [-0.1, -0.05) is 40.0 Å². The lowest BCUT2D eigenvalue weighted by atomic mass is 9.80. The average Bonchev–Trinajstić information content (AvgIpc) is 2.31. The normalized spacial score (nSPS) is 31.8. The van der Waals surface area contributed by atoms with E-state index in [1.807, 2.05) is 0 Å². The van der Waals surface area contributed by atoms with Gasteiger partial charge in [0.2, 0.25) is 0 Å². The van der Waals surface area contributed by atoms with Crippen LogP contribution in [0.2, 0.25) is 0 Å². The molecule has 2 nitrogen and oxygen atoms in total. The van der Waals surface area contributed by atoms with Crippen molar-refractivity contribution < 1.29 is 0 Å². The van der Waals surface area contributed by atoms with E-state index in [4.69, 9.17) is 5.73 Å². The van der Waals surface area contributed by atoms with Crippen LogP contribution in [0.4, 0.5) is 0 Å². The second-order valence-corrected chi connectivity index (χ2v) is 6.15. The lowest BCUT2D eigenvalue weighted by molar-refractivity contribution is 0.119. The van der Waals surface area contributed by atoms with Gasteiger partial charge in [0, 0.05) is 18.6 Å². The summed E-state index contributed by atoms with van der Waals surface area (Å²) in [6, 6.07) is 1.02. The monoisotopic (exact) mass is 240 g/mol. The van der Waals surface area contributed by atoms with Crippen LogP contribution in [-0.2, 0) is 0 Å². The fourth-order valence-corrected chi connectivity index (χ4v) is 3.19. The zero-order chi connectivity index (χ0) is 12.8. The van der Waals surface area contributed by atoms with E-state index in [1.165, 1.54) is 45.1 Å². The summed E-state index contributed by atoms with van der Waals surface area (Å²) >= 11 is 0. The standard InChI is InChI=1S/C15H32N2/c1-5-7-13-8-9-14(16)15(10-13)17(4)11-12(3)6-2/h12-15H,5-11,16H2,1-4H3. The fourth-order valence-electron chi connectivity index (χ4n) is 3.19. The Morgan fingerprint density at radius 2 is 2.00 bits per heavy atom. The summed E-state index contributed by atoms with van der Waals surface area (Å²) in [5.74, 6) is 1.71. The molecule has 2 heteroatoms. The number of rotatable bonds is 6. The highest BCUT2D eigenvalue weighted by atomic mass is 15.1. The van der Waals surface area contributed by atoms with Gasteiger partial charge < -0.3 is 10.6 Å². The van der Waals surface area contributed by atoms with Gasteiger partial charge in [0.1, 0.15) is 0 Å². The summed E-state index contributed by atoms with van der Waals surface area (Å²) in [5, 5.41) is 0. The van der Waals surface area contributed by atoms with Crippen molar-refractivity contribution in [2.24, 2.45) is 17.6 Å². The quantitative estimate of drug-likeness (QED) is 0.772. The molecule has 0 spiro atoms. The fraction of sp³-hybridized carbons (Fsp3) is 1.00. The lowest BCUT2D eigenvalue weighted by Gasteiger charge is -2.40. The van der Waals surface area contributed by atoms with Crippen molar-refractivity contribution in [1.82, 2.24) is 4.90 Å². The van der Waals surface area contributed by atoms with E-state index in [0.717, 1.165) is 11.8 Å². The minimum Gasteiger partial charge on any atom is -0.326 e. The van der Waals surface area contributed by atoms with Crippen LogP contribution in [0.1, 0.15) is 59.3 Å². The van der Waals surface area contributed by atoms with Gasteiger partial charge >= 0.3 is 0 Å². The summed E-state index contributed by atoms with van der Waals surface area (Å²) < 4.78 is 0. The van der Waals surface area contributed by atoms with Gasteiger partial charge in [0.05, 0.1) is 0 Å². The molecule has 102 valence electrons. The number of hydrogen-bond acceptors (Lipinski definition) is 2. The first-order valence-corrected chi connectivity index (χ1v) is 7.54. The van der Waals surface area contributed by atoms with Crippen molar-refractivity contribution in [3.8, 4) is 0 Å². The van der Waals surface area contributed by atoms with Crippen LogP contribution in [0.25, 0.3) is 0 Å². The van der Waals surface area contributed by atoms with E-state index in [9.17, 15) is 0 Å². The Labute approximate surface area is 108 Å². The van der Waals surface area contributed by atoms with Crippen molar-refractivity contribution in [2.75, 3.05) is 13.6 Å². The molecule has 1 aliphatic rings. The van der Waals surface area contributed by atoms with Crippen LogP contribution in [0.5, 0.6) is 0 Å². The predicted molar refractivity (Wildman–Crippen MR) is 76.1 cm³/mol. The lowest BCUT2D eigenvalue weighted by Crippen LogP contribution is -2.50. The molecule has 2 N–H and O–H groups in total. The zero-order valence-corrected chi connectivity index (χ0v) is 12.3. The molecule has 4 atom stereocenters. The molecule has 4 unspecified atom stereocenters. The van der Waals surface area contributed by atoms with Gasteiger partial charge in [0.25, 0.3) is 0 Å². The second kappa shape index (κ2) is 7.38. The third kappa shape index (κ3) is 4.59. The maximum atomic E-state index is 6.31. The van der Waals surface area contributed by atoms with Crippen LogP contribution in [-0.4, -0.2) is 30.6 Å². The molecule has 1 saturated carbocycles. The Morgan fingerprint density at radius 3 is 2.59 bits per heavy atom. The van der Waals surface area contributed by atoms with Crippen LogP contribution in [0.3, 0.4) is 0 Å². The van der Waals surface area contributed by atoms with E-state index in [-0.39, 0.29) is 0 Å². The maximum absolute atomic E-state index is 6.31. The van der Waals surface area contributed by atoms with Gasteiger partial charge in [-0.25, -0.2) is 0 Å². The van der Waals surface area contributed by atoms with Crippen molar-refractivity contribution in [3.05, 3.63) is 0 Å². The minimum atomic E-state index is 0.400. The van der Waals surface area contributed by atoms with Gasteiger partial charge in [-0.05, 0) is 38.1 Å². The molecule has 0 radical (unpaired) electrons. The van der Waals surface area contributed by atoms with E-state index in [2.05, 4.69) is 32.7 Å². The summed E-state index contributed by atoms with van der Waals surface area (Å²) in [6.45, 7) is 8.12. The first-order chi connectivity index (χ1) is 8.08. The van der Waals surface area contributed by atoms with Crippen molar-refractivity contribution >= 4 is 0 Å². The molecule has 0 amide bonds. The Bertz CT molecular complexity index is 205. The van der Waals surface area contributed by atoms with Crippen LogP contribution >= 0.6 is 0 Å². The van der Waals surface area contributed by atoms with Gasteiger partial charge in [0.15, 0.2) is 0 Å². The topological polar surface area (TPSA) is 29.3 Å². The number of likely N-dealkylation sites (N-methyl/N-ethyl adjacent to an activating group) is 1. The smallest absolute Gasteiger partial charge is 0.0246 e. The molecule has 0 aliphatic heterocycles. The molecule has 0 aromatic rings. The van der Waals surface area contributed by atoms with Crippen LogP contribution in [0.15, 0.2) is 0 Å². The molecule has 17 heavy (non-hydrogen) atoms. The number of nitrogens with zero attached hydrogens (tertiary/aromatic N) is 1. The number of hydrogen-bond donors (Lipinski definition) is 1. The average molecular weight is 240 g/mol. The van der Waals surface area contributed by atoms with Crippen molar-refractivity contribution in [3.63, 3.8) is 0 Å². The van der Waals surface area contributed by atoms with E-state index < -0.39 is 0 Å². The highest BCUT2D eigenvalue weighted by molar-refractivity contribution is 4.88. The Kier molecular flexibility index (Phi) is 6.50. The highest BCUT2D eigenvalue weighted by Crippen LogP contribution is 2.30. The first kappa shape index (κ1) is 15.0. The van der Waals surface area contributed by atoms with Crippen molar-refractivity contribution in [1.29, 1.82) is 0 Å². The minimum absolute atomic E-state index is 0.400. The summed E-state index contributed by atoms with van der Waals surface area (Å²) in [7, 11) is 2.27. The number of nitrogens with two attached hydrogens (primary N) is 1. The summed E-state index contributed by atoms with van der Waals surface area (Å²) in [6.07, 6.45) is 7.87. The van der Waals surface area contributed by atoms with E-state index in [1.54, 1.807) is 0 Å². The molecule has 0 aromatic heterocycles. The van der Waals surface area contributed by atoms with E-state index >= 15 is 0 Å². The van der Waals surface area contributed by atoms with E-state index in [0.29, 0.717) is 12.1 Å². The van der Waals surface area contributed by atoms with Crippen LogP contribution < -0.4 is 5.73 Å². The summed E-state index contributed by atoms with van der Waals surface area (Å²) in [4.78, 5) is 2.53. The van der Waals surface area contributed by atoms with Gasteiger partial charge in [-0.2, -0.15) is 0 Å². The van der Waals surface area contributed by atoms with Crippen LogP contribution in [0, 0.1) is 11.8 Å². The molecule has 0 aromatic carbocycles. The molecular weight excluding hydrogens is 208 g/mol. The molecule has 1 rings (SSSR count). The van der Waals surface area contributed by atoms with Crippen molar-refractivity contribution in [2.45, 2.75) is 71.4 Å². The Morgan fingerprint density at radius 1 is 1.29 bits per heavy atom. The molecule has 1 aliphatic carbocycles. The third-order valence-electron chi connectivity index (χ3n) is 4.54. The Hall–Kier alpha value is -0.0800. The third-order valence-corrected chi connectivity index (χ3v) is 4.54. The molecule has 0 saturated heterocycles. The predicted octanol–water partition coefficient (Wildman–Crippen LogP) is 3.26. The second-order valence-electron chi connectivity index (χ2n) is 6.15. The van der Waals surface area contributed by atoms with Gasteiger partial charge in [-0.15, -0.1) is 0 Å². The van der Waals surface area contributed by atoms with Gasteiger partial charge in [-0.3, -0.25) is 0 Å². The molecule has 1 fully saturated rings. The molecule has 0 heterocycles. The zero-order valence-electron chi connectivity index (χ0n) is 12.3. The highest BCUT2D eigenvalue weighted by Gasteiger charge is 2.30. The molecular formula is C15H32N2. The Balaban J connectivity index is 2.47. The SMILES string of the molecule is CCCC1CCC(N)C(N(C)CC(C)CC)C1. The maximum Gasteiger partial charge on any atom is 0.0246 e. The largest absolute Gasteiger partial charge is 0.326 e. The first-order valence-electron chi connectivity index (χ1n) is 7.54. The molecule has 0 bridgehead atoms. The summed E-state index contributed by atoms with van der Waals surface area (Å²) in [5.41, 5.74) is 6.31.